The van der Waals surface area contributed by atoms with Gasteiger partial charge in [-0.05, 0) is 92.3 Å². The number of hydrogen-bond donors (Lipinski definition) is 2. The van der Waals surface area contributed by atoms with Crippen LogP contribution in [0.2, 0.25) is 0 Å². The molecule has 0 saturated carbocycles. The molecule has 2 N–H and O–H groups in total. The smallest absolute Gasteiger partial charge is 0.238 e. The minimum Gasteiger partial charge on any atom is -0.508 e. The molecule has 0 bridgehead atoms. The van der Waals surface area contributed by atoms with Gasteiger partial charge in [0, 0.05) is 17.3 Å². The molecule has 3 aliphatic rings. The summed E-state index contributed by atoms with van der Waals surface area (Å²) >= 11 is 0. The predicted octanol–water partition coefficient (Wildman–Crippen LogP) is 7.25. The van der Waals surface area contributed by atoms with Gasteiger partial charge >= 0.3 is 0 Å². The molecular formula is C35H36N2O4. The van der Waals surface area contributed by atoms with Gasteiger partial charge in [-0.2, -0.15) is 0 Å². The first kappa shape index (κ1) is 27.0. The second kappa shape index (κ2) is 11.4. The van der Waals surface area contributed by atoms with Crippen LogP contribution in [0, 0.1) is 17.8 Å². The Morgan fingerprint density at radius 1 is 0.976 bits per heavy atom. The van der Waals surface area contributed by atoms with Crippen molar-refractivity contribution in [3.05, 3.63) is 101 Å². The first-order valence-electron chi connectivity index (χ1n) is 14.5. The fourth-order valence-corrected chi connectivity index (χ4v) is 6.78. The van der Waals surface area contributed by atoms with E-state index in [4.69, 9.17) is 4.74 Å². The molecule has 2 amide bonds. The number of fused-ring (bicyclic) bond motifs is 3. The lowest BCUT2D eigenvalue weighted by molar-refractivity contribution is -0.122. The number of rotatable bonds is 8. The van der Waals surface area contributed by atoms with Gasteiger partial charge < -0.3 is 15.2 Å². The Labute approximate surface area is 241 Å². The molecule has 4 atom stereocenters. The topological polar surface area (TPSA) is 78.9 Å². The Hall–Kier alpha value is -4.16. The number of carbonyl (C=O) groups is 2. The van der Waals surface area contributed by atoms with Crippen molar-refractivity contribution in [3.8, 4) is 5.75 Å². The molecule has 1 aliphatic carbocycles. The Bertz CT molecular complexity index is 1510. The highest BCUT2D eigenvalue weighted by atomic mass is 16.5. The molecule has 3 aromatic rings. The van der Waals surface area contributed by atoms with E-state index in [0.717, 1.165) is 36.2 Å². The maximum atomic E-state index is 13.8. The zero-order valence-electron chi connectivity index (χ0n) is 23.5. The van der Waals surface area contributed by atoms with Crippen LogP contribution >= 0.6 is 0 Å². The zero-order chi connectivity index (χ0) is 28.5. The SMILES string of the molecule is CC/C(=C\c1cccc(O)c1)CC[C@H]1OC[C@H]2C1=C(C)C[C@H]1C(=O)N(c3ccc(Nc4ccccc4)cc3)C(=O)[C@H]12. The van der Waals surface area contributed by atoms with Crippen LogP contribution in [0.5, 0.6) is 5.75 Å². The normalized spacial score (nSPS) is 24.0. The molecule has 210 valence electrons. The number of amides is 2. The summed E-state index contributed by atoms with van der Waals surface area (Å²) in [7, 11) is 0. The number of anilines is 3. The molecule has 2 aliphatic heterocycles. The summed E-state index contributed by atoms with van der Waals surface area (Å²) in [6.07, 6.45) is 5.32. The molecule has 41 heavy (non-hydrogen) atoms. The van der Waals surface area contributed by atoms with Crippen molar-refractivity contribution in [2.24, 2.45) is 17.8 Å². The fourth-order valence-electron chi connectivity index (χ4n) is 6.78. The maximum Gasteiger partial charge on any atom is 0.238 e. The van der Waals surface area contributed by atoms with Crippen LogP contribution in [0.1, 0.15) is 45.1 Å². The summed E-state index contributed by atoms with van der Waals surface area (Å²) in [6, 6.07) is 24.7. The third-order valence-electron chi connectivity index (χ3n) is 8.76. The van der Waals surface area contributed by atoms with Gasteiger partial charge in [-0.3, -0.25) is 14.5 Å². The average Bonchev–Trinajstić information content (AvgIpc) is 3.51. The van der Waals surface area contributed by atoms with Gasteiger partial charge in [0.1, 0.15) is 5.75 Å². The van der Waals surface area contributed by atoms with E-state index in [-0.39, 0.29) is 41.4 Å². The number of aromatic hydroxyl groups is 1. The van der Waals surface area contributed by atoms with Crippen LogP contribution < -0.4 is 10.2 Å². The summed E-state index contributed by atoms with van der Waals surface area (Å²) < 4.78 is 6.32. The molecule has 2 saturated heterocycles. The quantitative estimate of drug-likeness (QED) is 0.229. The number of phenolic OH excluding ortho intramolecular Hbond substituents is 1. The van der Waals surface area contributed by atoms with Crippen molar-refractivity contribution in [1.82, 2.24) is 0 Å². The average molecular weight is 549 g/mol. The standard InChI is InChI=1S/C35H36N2O4/c1-3-23(19-24-8-7-11-28(38)20-24)12-17-31-32-22(2)18-29-33(30(32)21-41-31)35(40)37(34(29)39)27-15-13-26(14-16-27)36-25-9-5-4-6-10-25/h4-11,13-16,19-20,29-31,33,36,38H,3,12,17-18,21H2,1-2H3/b23-19+/t29-,30+,31-,33-/m1/s1. The summed E-state index contributed by atoms with van der Waals surface area (Å²) in [5, 5.41) is 13.2. The molecule has 6 nitrogen and oxygen atoms in total. The van der Waals surface area contributed by atoms with E-state index >= 15 is 0 Å². The summed E-state index contributed by atoms with van der Waals surface area (Å²) in [5.41, 5.74) is 7.19. The van der Waals surface area contributed by atoms with E-state index in [2.05, 4.69) is 25.2 Å². The van der Waals surface area contributed by atoms with Crippen molar-refractivity contribution >= 4 is 35.0 Å². The van der Waals surface area contributed by atoms with Crippen LogP contribution in [0.3, 0.4) is 0 Å². The molecule has 6 heteroatoms. The molecule has 0 spiro atoms. The van der Waals surface area contributed by atoms with Gasteiger partial charge in [-0.15, -0.1) is 0 Å². The molecule has 3 aromatic carbocycles. The summed E-state index contributed by atoms with van der Waals surface area (Å²) in [5.74, 6) is -0.717. The predicted molar refractivity (Wildman–Crippen MR) is 162 cm³/mol. The number of ether oxygens (including phenoxy) is 1. The van der Waals surface area contributed by atoms with E-state index in [1.807, 2.05) is 66.7 Å². The number of nitrogens with one attached hydrogen (secondary N) is 1. The maximum absolute atomic E-state index is 13.8. The van der Waals surface area contributed by atoms with Gasteiger partial charge in [-0.1, -0.05) is 54.5 Å². The number of imide groups is 1. The first-order valence-corrected chi connectivity index (χ1v) is 14.5. The number of phenols is 1. The third-order valence-corrected chi connectivity index (χ3v) is 8.76. The van der Waals surface area contributed by atoms with Gasteiger partial charge in [0.15, 0.2) is 0 Å². The number of para-hydroxylation sites is 1. The number of carbonyl (C=O) groups excluding carboxylic acids is 2. The van der Waals surface area contributed by atoms with E-state index in [0.29, 0.717) is 18.7 Å². The van der Waals surface area contributed by atoms with E-state index in [9.17, 15) is 14.7 Å². The van der Waals surface area contributed by atoms with Crippen LogP contribution in [0.15, 0.2) is 95.6 Å². The van der Waals surface area contributed by atoms with E-state index in [1.54, 1.807) is 12.1 Å². The molecule has 2 fully saturated rings. The zero-order valence-corrected chi connectivity index (χ0v) is 23.5. The minimum absolute atomic E-state index is 0.0413. The summed E-state index contributed by atoms with van der Waals surface area (Å²) in [4.78, 5) is 28.8. The van der Waals surface area contributed by atoms with E-state index in [1.165, 1.54) is 21.6 Å². The molecule has 0 unspecified atom stereocenters. The van der Waals surface area contributed by atoms with E-state index < -0.39 is 0 Å². The van der Waals surface area contributed by atoms with Gasteiger partial charge in [-0.25, -0.2) is 0 Å². The fraction of sp³-hybridized carbons (Fsp3) is 0.314. The largest absolute Gasteiger partial charge is 0.508 e. The molecular weight excluding hydrogens is 512 g/mol. The van der Waals surface area contributed by atoms with Crippen LogP contribution in [0.4, 0.5) is 17.1 Å². The first-order chi connectivity index (χ1) is 19.9. The van der Waals surface area contributed by atoms with Crippen LogP contribution in [0.25, 0.3) is 6.08 Å². The Morgan fingerprint density at radius 3 is 2.46 bits per heavy atom. The van der Waals surface area contributed by atoms with Gasteiger partial charge in [0.25, 0.3) is 0 Å². The number of allylic oxidation sites excluding steroid dienone is 2. The molecule has 2 heterocycles. The highest BCUT2D eigenvalue weighted by Crippen LogP contribution is 2.50. The van der Waals surface area contributed by atoms with Crippen molar-refractivity contribution < 1.29 is 19.4 Å². The second-order valence-electron chi connectivity index (χ2n) is 11.3. The highest BCUT2D eigenvalue weighted by molar-refractivity contribution is 6.22. The van der Waals surface area contributed by atoms with Crippen LogP contribution in [-0.2, 0) is 14.3 Å². The van der Waals surface area contributed by atoms with Crippen LogP contribution in [-0.4, -0.2) is 29.6 Å². The summed E-state index contributed by atoms with van der Waals surface area (Å²) in [6.45, 7) is 4.72. The molecule has 6 rings (SSSR count). The lowest BCUT2D eigenvalue weighted by atomic mass is 9.70. The van der Waals surface area contributed by atoms with Crippen molar-refractivity contribution in [2.45, 2.75) is 45.6 Å². The van der Waals surface area contributed by atoms with Gasteiger partial charge in [0.2, 0.25) is 11.8 Å². The van der Waals surface area contributed by atoms with Crippen molar-refractivity contribution in [2.75, 3.05) is 16.8 Å². The molecule has 0 radical (unpaired) electrons. The number of benzene rings is 3. The van der Waals surface area contributed by atoms with Crippen molar-refractivity contribution in [3.63, 3.8) is 0 Å². The highest BCUT2D eigenvalue weighted by Gasteiger charge is 2.56. The molecule has 0 aromatic heterocycles. The second-order valence-corrected chi connectivity index (χ2v) is 11.3. The minimum atomic E-state index is -0.373. The number of nitrogens with zero attached hydrogens (tertiary/aromatic N) is 1. The Balaban J connectivity index is 1.16. The lowest BCUT2D eigenvalue weighted by Gasteiger charge is -2.30. The van der Waals surface area contributed by atoms with Gasteiger partial charge in [0.05, 0.1) is 30.2 Å². The monoisotopic (exact) mass is 548 g/mol. The van der Waals surface area contributed by atoms with Crippen molar-refractivity contribution in [1.29, 1.82) is 0 Å². The number of hydrogen-bond acceptors (Lipinski definition) is 5. The Morgan fingerprint density at radius 2 is 1.73 bits per heavy atom. The lowest BCUT2D eigenvalue weighted by Crippen LogP contribution is -2.34. The third kappa shape index (κ3) is 5.32. The Kier molecular flexibility index (Phi) is 7.50.